The van der Waals surface area contributed by atoms with Crippen LogP contribution in [0.4, 0.5) is 5.13 Å². The molecule has 1 unspecified atom stereocenters. The number of hydrogen-bond donors (Lipinski definition) is 0. The summed E-state index contributed by atoms with van der Waals surface area (Å²) in [4.78, 5) is 7.56. The molecule has 1 saturated heterocycles. The van der Waals surface area contributed by atoms with Crippen LogP contribution < -0.4 is 4.90 Å². The summed E-state index contributed by atoms with van der Waals surface area (Å²) in [6, 6.07) is 0. The van der Waals surface area contributed by atoms with Crippen molar-refractivity contribution in [3.8, 4) is 0 Å². The number of hydrogen-bond acceptors (Lipinski definition) is 4. The minimum atomic E-state index is 0.436. The lowest BCUT2D eigenvalue weighted by Crippen LogP contribution is -2.20. The smallest absolute Gasteiger partial charge is 0.187 e. The summed E-state index contributed by atoms with van der Waals surface area (Å²) in [5, 5.41) is 1.53. The molecule has 1 fully saturated rings. The third kappa shape index (κ3) is 2.62. The van der Waals surface area contributed by atoms with Gasteiger partial charge in [0.15, 0.2) is 5.13 Å². The second kappa shape index (κ2) is 5.54. The van der Waals surface area contributed by atoms with Crippen LogP contribution in [-0.2, 0) is 10.6 Å². The summed E-state index contributed by atoms with van der Waals surface area (Å²) in [5.74, 6) is 1.04. The van der Waals surface area contributed by atoms with Gasteiger partial charge in [-0.2, -0.15) is 0 Å². The Labute approximate surface area is 109 Å². The zero-order valence-corrected chi connectivity index (χ0v) is 11.4. The highest BCUT2D eigenvalue weighted by Gasteiger charge is 2.25. The fourth-order valence-electron chi connectivity index (χ4n) is 1.92. The Morgan fingerprint density at radius 3 is 3.06 bits per heavy atom. The summed E-state index contributed by atoms with van der Waals surface area (Å²) < 4.78 is 5.17. The maximum absolute atomic E-state index is 5.98. The summed E-state index contributed by atoms with van der Waals surface area (Å²) >= 11 is 13.3. The Hall–Kier alpha value is -0.0300. The van der Waals surface area contributed by atoms with Gasteiger partial charge in [-0.25, -0.2) is 4.98 Å². The standard InChI is InChI=1S/C10H14Cl2N2OS/c1-15-6-7-2-3-14(5-7)10-13-9(12)8(4-11)16-10/h7H,2-6H2,1H3. The van der Waals surface area contributed by atoms with E-state index in [1.807, 2.05) is 0 Å². The Balaban J connectivity index is 2.02. The quantitative estimate of drug-likeness (QED) is 0.793. The van der Waals surface area contributed by atoms with Crippen LogP contribution in [0.15, 0.2) is 0 Å². The number of halogens is 2. The SMILES string of the molecule is COCC1CCN(c2nc(Cl)c(CCl)s2)C1. The number of rotatable bonds is 4. The normalized spacial score (nSPS) is 20.7. The van der Waals surface area contributed by atoms with Gasteiger partial charge in [0, 0.05) is 26.1 Å². The van der Waals surface area contributed by atoms with E-state index in [2.05, 4.69) is 9.88 Å². The summed E-state index contributed by atoms with van der Waals surface area (Å²) in [6.45, 7) is 2.84. The lowest BCUT2D eigenvalue weighted by Gasteiger charge is -2.14. The molecule has 1 aliphatic heterocycles. The molecule has 16 heavy (non-hydrogen) atoms. The van der Waals surface area contributed by atoms with Gasteiger partial charge in [0.2, 0.25) is 0 Å². The van der Waals surface area contributed by atoms with Gasteiger partial charge in [-0.05, 0) is 6.42 Å². The van der Waals surface area contributed by atoms with Gasteiger partial charge in [0.05, 0.1) is 17.4 Å². The second-order valence-electron chi connectivity index (χ2n) is 3.90. The lowest BCUT2D eigenvalue weighted by atomic mass is 10.1. The molecule has 1 atom stereocenters. The molecule has 90 valence electrons. The molecule has 0 bridgehead atoms. The van der Waals surface area contributed by atoms with Gasteiger partial charge in [-0.1, -0.05) is 22.9 Å². The molecule has 2 rings (SSSR count). The molecule has 1 aromatic heterocycles. The summed E-state index contributed by atoms with van der Waals surface area (Å²) in [7, 11) is 1.74. The van der Waals surface area contributed by atoms with Crippen molar-refractivity contribution in [3.05, 3.63) is 10.0 Å². The predicted molar refractivity (Wildman–Crippen MR) is 68.9 cm³/mol. The van der Waals surface area contributed by atoms with Crippen molar-refractivity contribution in [2.24, 2.45) is 5.92 Å². The van der Waals surface area contributed by atoms with Crippen LogP contribution >= 0.6 is 34.5 Å². The zero-order valence-electron chi connectivity index (χ0n) is 9.08. The number of thiazole rings is 1. The second-order valence-corrected chi connectivity index (χ2v) is 5.59. The fraction of sp³-hybridized carbons (Fsp3) is 0.700. The molecular formula is C10H14Cl2N2OS. The van der Waals surface area contributed by atoms with Crippen LogP contribution in [0.3, 0.4) is 0 Å². The van der Waals surface area contributed by atoms with Gasteiger partial charge in [-0.15, -0.1) is 11.6 Å². The van der Waals surface area contributed by atoms with Crippen molar-refractivity contribution in [3.63, 3.8) is 0 Å². The zero-order chi connectivity index (χ0) is 11.5. The molecule has 2 heterocycles. The maximum atomic E-state index is 5.98. The number of aromatic nitrogens is 1. The molecule has 6 heteroatoms. The Morgan fingerprint density at radius 2 is 2.44 bits per heavy atom. The highest BCUT2D eigenvalue weighted by molar-refractivity contribution is 7.16. The number of nitrogens with zero attached hydrogens (tertiary/aromatic N) is 2. The molecule has 0 N–H and O–H groups in total. The summed E-state index contributed by atoms with van der Waals surface area (Å²) in [5.41, 5.74) is 0. The molecule has 0 amide bonds. The molecule has 0 radical (unpaired) electrons. The van der Waals surface area contributed by atoms with Gasteiger partial charge in [0.1, 0.15) is 5.15 Å². The molecule has 1 aromatic rings. The van der Waals surface area contributed by atoms with E-state index in [1.54, 1.807) is 18.4 Å². The first kappa shape index (κ1) is 12.4. The first-order chi connectivity index (χ1) is 7.74. The van der Waals surface area contributed by atoms with Crippen LogP contribution in [0.25, 0.3) is 0 Å². The first-order valence-electron chi connectivity index (χ1n) is 5.19. The average molecular weight is 281 g/mol. The number of anilines is 1. The highest BCUT2D eigenvalue weighted by Crippen LogP contribution is 2.33. The van der Waals surface area contributed by atoms with E-state index in [1.165, 1.54) is 0 Å². The fourth-order valence-corrected chi connectivity index (χ4v) is 3.43. The molecule has 0 spiro atoms. The van der Waals surface area contributed by atoms with Crippen molar-refractivity contribution in [1.29, 1.82) is 0 Å². The predicted octanol–water partition coefficient (Wildman–Crippen LogP) is 3.01. The average Bonchev–Trinajstić information content (AvgIpc) is 2.85. The minimum Gasteiger partial charge on any atom is -0.384 e. The van der Waals surface area contributed by atoms with Crippen LogP contribution in [0.5, 0.6) is 0 Å². The molecule has 1 aliphatic rings. The van der Waals surface area contributed by atoms with E-state index >= 15 is 0 Å². The van der Waals surface area contributed by atoms with E-state index in [4.69, 9.17) is 27.9 Å². The van der Waals surface area contributed by atoms with Crippen molar-refractivity contribution in [1.82, 2.24) is 4.98 Å². The van der Waals surface area contributed by atoms with E-state index in [0.717, 1.165) is 36.1 Å². The lowest BCUT2D eigenvalue weighted by molar-refractivity contribution is 0.161. The van der Waals surface area contributed by atoms with E-state index < -0.39 is 0 Å². The van der Waals surface area contributed by atoms with Crippen LogP contribution in [-0.4, -0.2) is 31.8 Å². The van der Waals surface area contributed by atoms with Crippen LogP contribution in [0.2, 0.25) is 5.15 Å². The van der Waals surface area contributed by atoms with Gasteiger partial charge in [-0.3, -0.25) is 0 Å². The Kier molecular flexibility index (Phi) is 4.30. The number of methoxy groups -OCH3 is 1. The monoisotopic (exact) mass is 280 g/mol. The number of ether oxygens (including phenoxy) is 1. The molecule has 3 nitrogen and oxygen atoms in total. The van der Waals surface area contributed by atoms with Crippen molar-refractivity contribution >= 4 is 39.7 Å². The molecule has 0 aliphatic carbocycles. The first-order valence-corrected chi connectivity index (χ1v) is 6.92. The van der Waals surface area contributed by atoms with E-state index in [0.29, 0.717) is 17.0 Å². The van der Waals surface area contributed by atoms with E-state index in [-0.39, 0.29) is 0 Å². The van der Waals surface area contributed by atoms with Crippen molar-refractivity contribution in [2.45, 2.75) is 12.3 Å². The molecular weight excluding hydrogens is 267 g/mol. The van der Waals surface area contributed by atoms with Gasteiger partial charge < -0.3 is 9.64 Å². The van der Waals surface area contributed by atoms with Crippen molar-refractivity contribution < 1.29 is 4.74 Å². The third-order valence-corrected chi connectivity index (χ3v) is 4.69. The molecule has 0 aromatic carbocycles. The summed E-state index contributed by atoms with van der Waals surface area (Å²) in [6.07, 6.45) is 1.15. The van der Waals surface area contributed by atoms with Gasteiger partial charge >= 0.3 is 0 Å². The third-order valence-electron chi connectivity index (χ3n) is 2.72. The van der Waals surface area contributed by atoms with Crippen molar-refractivity contribution in [2.75, 3.05) is 31.7 Å². The topological polar surface area (TPSA) is 25.4 Å². The minimum absolute atomic E-state index is 0.436. The Bertz CT molecular complexity index is 359. The van der Waals surface area contributed by atoms with E-state index in [9.17, 15) is 0 Å². The van der Waals surface area contributed by atoms with Gasteiger partial charge in [0.25, 0.3) is 0 Å². The maximum Gasteiger partial charge on any atom is 0.187 e. The Morgan fingerprint density at radius 1 is 1.62 bits per heavy atom. The van der Waals surface area contributed by atoms with Crippen LogP contribution in [0, 0.1) is 5.92 Å². The number of alkyl halides is 1. The molecule has 0 saturated carbocycles. The largest absolute Gasteiger partial charge is 0.384 e. The van der Waals surface area contributed by atoms with Crippen LogP contribution in [0.1, 0.15) is 11.3 Å². The highest BCUT2D eigenvalue weighted by atomic mass is 35.5.